The highest BCUT2D eigenvalue weighted by Crippen LogP contribution is 2.16. The van der Waals surface area contributed by atoms with Crippen molar-refractivity contribution in [1.82, 2.24) is 14.6 Å². The van der Waals surface area contributed by atoms with Gasteiger partial charge in [-0.05, 0) is 55.0 Å². The van der Waals surface area contributed by atoms with Gasteiger partial charge in [-0.2, -0.15) is 9.61 Å². The summed E-state index contributed by atoms with van der Waals surface area (Å²) < 4.78 is 11.7. The third-order valence-corrected chi connectivity index (χ3v) is 5.85. The molecule has 0 spiro atoms. The van der Waals surface area contributed by atoms with E-state index in [1.54, 1.807) is 55.6 Å². The van der Waals surface area contributed by atoms with Gasteiger partial charge in [-0.25, -0.2) is 9.78 Å². The number of methoxy groups -OCH3 is 1. The SMILES string of the molecule is CCCc1nn2c(=O)cc(COC(=O)c3ccc(NC(=O)c4ccc(OC)cc4)cc3)nc2s1. The van der Waals surface area contributed by atoms with Gasteiger partial charge in [-0.3, -0.25) is 9.59 Å². The van der Waals surface area contributed by atoms with Gasteiger partial charge < -0.3 is 14.8 Å². The number of carbonyl (C=O) groups is 2. The predicted octanol–water partition coefficient (Wildman–Crippen LogP) is 3.72. The molecule has 0 saturated carbocycles. The number of aromatic nitrogens is 3. The normalized spacial score (nSPS) is 10.8. The van der Waals surface area contributed by atoms with E-state index in [1.807, 2.05) is 6.92 Å². The lowest BCUT2D eigenvalue weighted by molar-refractivity contribution is 0.0467. The van der Waals surface area contributed by atoms with E-state index in [9.17, 15) is 14.4 Å². The maximum Gasteiger partial charge on any atom is 0.338 e. The Morgan fingerprint density at radius 1 is 1.06 bits per heavy atom. The van der Waals surface area contributed by atoms with E-state index in [0.717, 1.165) is 17.8 Å². The molecule has 4 rings (SSSR count). The molecule has 1 amide bonds. The smallest absolute Gasteiger partial charge is 0.338 e. The van der Waals surface area contributed by atoms with Crippen LogP contribution in [0.5, 0.6) is 5.75 Å². The molecule has 2 aromatic carbocycles. The molecule has 0 saturated heterocycles. The number of benzene rings is 2. The first-order chi connectivity index (χ1) is 16.5. The Morgan fingerprint density at radius 2 is 1.76 bits per heavy atom. The van der Waals surface area contributed by atoms with Crippen LogP contribution in [0.1, 0.15) is 44.8 Å². The first-order valence-electron chi connectivity index (χ1n) is 10.6. The number of carbonyl (C=O) groups excluding carboxylic acids is 2. The molecule has 34 heavy (non-hydrogen) atoms. The molecular weight excluding hydrogens is 456 g/mol. The van der Waals surface area contributed by atoms with E-state index in [0.29, 0.717) is 33.2 Å². The van der Waals surface area contributed by atoms with Gasteiger partial charge in [-0.15, -0.1) is 0 Å². The molecule has 10 heteroatoms. The van der Waals surface area contributed by atoms with Crippen molar-refractivity contribution in [3.05, 3.63) is 86.8 Å². The average Bonchev–Trinajstić information content (AvgIpc) is 3.26. The van der Waals surface area contributed by atoms with Gasteiger partial charge in [0.25, 0.3) is 11.5 Å². The summed E-state index contributed by atoms with van der Waals surface area (Å²) in [5.41, 5.74) is 1.36. The van der Waals surface area contributed by atoms with E-state index in [1.165, 1.54) is 21.9 Å². The molecule has 9 nitrogen and oxygen atoms in total. The second-order valence-electron chi connectivity index (χ2n) is 7.36. The standard InChI is InChI=1S/C24H22N4O5S/c1-3-4-20-27-28-21(29)13-18(26-24(28)34-20)14-33-23(31)16-5-9-17(10-6-16)25-22(30)15-7-11-19(32-2)12-8-15/h5-13H,3-4,14H2,1-2H3,(H,25,30). The van der Waals surface area contributed by atoms with Crippen LogP contribution in [0.3, 0.4) is 0 Å². The van der Waals surface area contributed by atoms with Gasteiger partial charge in [0.15, 0.2) is 0 Å². The summed E-state index contributed by atoms with van der Waals surface area (Å²) in [5, 5.41) is 7.86. The Balaban J connectivity index is 1.37. The van der Waals surface area contributed by atoms with Gasteiger partial charge in [0.2, 0.25) is 4.96 Å². The number of amides is 1. The monoisotopic (exact) mass is 478 g/mol. The van der Waals surface area contributed by atoms with Gasteiger partial charge in [0.05, 0.1) is 18.4 Å². The predicted molar refractivity (Wildman–Crippen MR) is 128 cm³/mol. The summed E-state index contributed by atoms with van der Waals surface area (Å²) in [6.07, 6.45) is 1.69. The van der Waals surface area contributed by atoms with E-state index in [4.69, 9.17) is 9.47 Å². The maximum absolute atomic E-state index is 12.4. The molecule has 0 aliphatic rings. The number of hydrogen-bond donors (Lipinski definition) is 1. The number of ether oxygens (including phenoxy) is 2. The van der Waals surface area contributed by atoms with Crippen LogP contribution in [0, 0.1) is 0 Å². The first-order valence-corrected chi connectivity index (χ1v) is 11.4. The van der Waals surface area contributed by atoms with Crippen LogP contribution in [0.2, 0.25) is 0 Å². The molecule has 0 bridgehead atoms. The first kappa shape index (κ1) is 23.1. The van der Waals surface area contributed by atoms with Crippen LogP contribution in [0.25, 0.3) is 4.96 Å². The number of anilines is 1. The molecule has 0 fully saturated rings. The maximum atomic E-state index is 12.4. The summed E-state index contributed by atoms with van der Waals surface area (Å²) in [7, 11) is 1.56. The Kier molecular flexibility index (Phi) is 6.98. The van der Waals surface area contributed by atoms with Crippen molar-refractivity contribution in [2.45, 2.75) is 26.4 Å². The molecule has 0 aliphatic carbocycles. The Labute approximate surface area is 199 Å². The average molecular weight is 479 g/mol. The minimum atomic E-state index is -0.564. The highest BCUT2D eigenvalue weighted by atomic mass is 32.1. The summed E-state index contributed by atoms with van der Waals surface area (Å²) in [6, 6.07) is 14.4. The van der Waals surface area contributed by atoms with Crippen molar-refractivity contribution < 1.29 is 19.1 Å². The highest BCUT2D eigenvalue weighted by Gasteiger charge is 2.13. The van der Waals surface area contributed by atoms with Crippen molar-refractivity contribution in [3.63, 3.8) is 0 Å². The third kappa shape index (κ3) is 5.29. The Bertz CT molecular complexity index is 1380. The minimum Gasteiger partial charge on any atom is -0.497 e. The van der Waals surface area contributed by atoms with Crippen molar-refractivity contribution in [2.75, 3.05) is 12.4 Å². The molecule has 1 N–H and O–H groups in total. The second kappa shape index (κ2) is 10.3. The van der Waals surface area contributed by atoms with Gasteiger partial charge in [0.1, 0.15) is 17.4 Å². The summed E-state index contributed by atoms with van der Waals surface area (Å²) in [6.45, 7) is 1.90. The van der Waals surface area contributed by atoms with E-state index < -0.39 is 5.97 Å². The fourth-order valence-electron chi connectivity index (χ4n) is 3.14. The molecule has 2 aromatic heterocycles. The van der Waals surface area contributed by atoms with E-state index in [-0.39, 0.29) is 18.1 Å². The van der Waals surface area contributed by atoms with Crippen molar-refractivity contribution in [2.24, 2.45) is 0 Å². The largest absolute Gasteiger partial charge is 0.497 e. The molecular formula is C24H22N4O5S. The molecule has 0 aliphatic heterocycles. The number of rotatable bonds is 8. The van der Waals surface area contributed by atoms with Crippen LogP contribution < -0.4 is 15.6 Å². The van der Waals surface area contributed by atoms with Crippen molar-refractivity contribution in [3.8, 4) is 5.75 Å². The van der Waals surface area contributed by atoms with Gasteiger partial charge >= 0.3 is 5.97 Å². The second-order valence-corrected chi connectivity index (χ2v) is 8.40. The summed E-state index contributed by atoms with van der Waals surface area (Å²) in [4.78, 5) is 41.9. The zero-order chi connectivity index (χ0) is 24.1. The topological polar surface area (TPSA) is 112 Å². The number of hydrogen-bond acceptors (Lipinski definition) is 8. The summed E-state index contributed by atoms with van der Waals surface area (Å²) >= 11 is 1.35. The zero-order valence-corrected chi connectivity index (χ0v) is 19.4. The van der Waals surface area contributed by atoms with Crippen LogP contribution in [-0.4, -0.2) is 33.6 Å². The molecule has 2 heterocycles. The fourth-order valence-corrected chi connectivity index (χ4v) is 4.16. The van der Waals surface area contributed by atoms with Crippen LogP contribution in [-0.2, 0) is 17.8 Å². The number of nitrogens with zero attached hydrogens (tertiary/aromatic N) is 3. The molecule has 0 radical (unpaired) electrons. The van der Waals surface area contributed by atoms with Gasteiger partial charge in [-0.1, -0.05) is 18.3 Å². The number of fused-ring (bicyclic) bond motifs is 1. The zero-order valence-electron chi connectivity index (χ0n) is 18.6. The fraction of sp³-hybridized carbons (Fsp3) is 0.208. The Morgan fingerprint density at radius 3 is 2.44 bits per heavy atom. The van der Waals surface area contributed by atoms with Crippen molar-refractivity contribution >= 4 is 33.9 Å². The van der Waals surface area contributed by atoms with Crippen molar-refractivity contribution in [1.29, 1.82) is 0 Å². The van der Waals surface area contributed by atoms with Crippen LogP contribution >= 0.6 is 11.3 Å². The molecule has 0 unspecified atom stereocenters. The van der Waals surface area contributed by atoms with Crippen LogP contribution in [0.15, 0.2) is 59.4 Å². The number of esters is 1. The minimum absolute atomic E-state index is 0.137. The molecule has 4 aromatic rings. The van der Waals surface area contributed by atoms with Crippen LogP contribution in [0.4, 0.5) is 5.69 Å². The molecule has 174 valence electrons. The Hall–Kier alpha value is -4.05. The lowest BCUT2D eigenvalue weighted by Crippen LogP contribution is -2.16. The number of aryl methyl sites for hydroxylation is 1. The third-order valence-electron chi connectivity index (χ3n) is 4.89. The lowest BCUT2D eigenvalue weighted by Gasteiger charge is -2.08. The molecule has 0 atom stereocenters. The van der Waals surface area contributed by atoms with E-state index >= 15 is 0 Å². The highest BCUT2D eigenvalue weighted by molar-refractivity contribution is 7.16. The quantitative estimate of drug-likeness (QED) is 0.384. The number of nitrogens with one attached hydrogen (secondary N) is 1. The lowest BCUT2D eigenvalue weighted by atomic mass is 10.1. The summed E-state index contributed by atoms with van der Waals surface area (Å²) in [5.74, 6) is -0.185. The van der Waals surface area contributed by atoms with Gasteiger partial charge in [0, 0.05) is 23.7 Å². The van der Waals surface area contributed by atoms with E-state index in [2.05, 4.69) is 15.4 Å².